The van der Waals surface area contributed by atoms with Gasteiger partial charge in [0.15, 0.2) is 0 Å². The van der Waals surface area contributed by atoms with Crippen molar-refractivity contribution in [2.24, 2.45) is 0 Å². The molecule has 108 valence electrons. The normalized spacial score (nSPS) is 16.4. The minimum absolute atomic E-state index is 0.542. The lowest BCUT2D eigenvalue weighted by atomic mass is 10.3. The van der Waals surface area contributed by atoms with Crippen molar-refractivity contribution in [1.82, 2.24) is 14.3 Å². The Hall–Kier alpha value is -0.170. The van der Waals surface area contributed by atoms with Crippen molar-refractivity contribution < 1.29 is 8.42 Å². The number of nitrogens with zero attached hydrogens (tertiary/aromatic N) is 1. The maximum absolute atomic E-state index is 11.8. The molecule has 0 aromatic carbocycles. The van der Waals surface area contributed by atoms with Crippen LogP contribution >= 0.6 is 0 Å². The SMILES string of the molecule is CCCCCNS(=O)(=O)N(C)CCCNC1CC1. The fraction of sp³-hybridized carbons (Fsp3) is 1.00. The van der Waals surface area contributed by atoms with E-state index < -0.39 is 10.2 Å². The van der Waals surface area contributed by atoms with Crippen molar-refractivity contribution in [2.45, 2.75) is 51.5 Å². The van der Waals surface area contributed by atoms with E-state index >= 15 is 0 Å². The zero-order valence-electron chi connectivity index (χ0n) is 11.6. The molecule has 6 heteroatoms. The van der Waals surface area contributed by atoms with Crippen LogP contribution < -0.4 is 10.0 Å². The van der Waals surface area contributed by atoms with Gasteiger partial charge in [-0.15, -0.1) is 0 Å². The van der Waals surface area contributed by atoms with Gasteiger partial charge in [-0.1, -0.05) is 19.8 Å². The first-order valence-corrected chi connectivity index (χ1v) is 8.44. The van der Waals surface area contributed by atoms with E-state index in [0.29, 0.717) is 19.1 Å². The van der Waals surface area contributed by atoms with E-state index in [-0.39, 0.29) is 0 Å². The molecule has 0 bridgehead atoms. The van der Waals surface area contributed by atoms with Crippen molar-refractivity contribution in [3.63, 3.8) is 0 Å². The lowest BCUT2D eigenvalue weighted by Gasteiger charge is -2.17. The molecular formula is C12H27N3O2S. The van der Waals surface area contributed by atoms with Crippen molar-refractivity contribution in [1.29, 1.82) is 0 Å². The lowest BCUT2D eigenvalue weighted by Crippen LogP contribution is -2.39. The van der Waals surface area contributed by atoms with Gasteiger partial charge in [0.05, 0.1) is 0 Å². The number of rotatable bonds is 11. The van der Waals surface area contributed by atoms with Gasteiger partial charge >= 0.3 is 0 Å². The highest BCUT2D eigenvalue weighted by atomic mass is 32.2. The third-order valence-electron chi connectivity index (χ3n) is 3.14. The summed E-state index contributed by atoms with van der Waals surface area (Å²) in [7, 11) is -1.63. The van der Waals surface area contributed by atoms with Crippen LogP contribution in [0.2, 0.25) is 0 Å². The van der Waals surface area contributed by atoms with Gasteiger partial charge in [-0.05, 0) is 32.2 Å². The molecule has 0 radical (unpaired) electrons. The van der Waals surface area contributed by atoms with Crippen LogP contribution in [-0.2, 0) is 10.2 Å². The third kappa shape index (κ3) is 6.68. The van der Waals surface area contributed by atoms with E-state index in [2.05, 4.69) is 17.0 Å². The molecule has 18 heavy (non-hydrogen) atoms. The summed E-state index contributed by atoms with van der Waals surface area (Å²) in [6, 6.07) is 0.694. The molecule has 0 amide bonds. The van der Waals surface area contributed by atoms with E-state index in [4.69, 9.17) is 0 Å². The molecule has 0 saturated heterocycles. The van der Waals surface area contributed by atoms with Gasteiger partial charge in [-0.3, -0.25) is 0 Å². The lowest BCUT2D eigenvalue weighted by molar-refractivity contribution is 0.443. The van der Waals surface area contributed by atoms with E-state index in [1.54, 1.807) is 7.05 Å². The van der Waals surface area contributed by atoms with Crippen LogP contribution in [0.15, 0.2) is 0 Å². The second-order valence-electron chi connectivity index (χ2n) is 5.01. The molecule has 0 aromatic rings. The molecule has 0 atom stereocenters. The number of hydrogen-bond acceptors (Lipinski definition) is 3. The first kappa shape index (κ1) is 15.9. The van der Waals surface area contributed by atoms with Crippen LogP contribution in [0.3, 0.4) is 0 Å². The average Bonchev–Trinajstić information content (AvgIpc) is 3.14. The molecule has 0 spiro atoms. The molecule has 1 fully saturated rings. The second-order valence-corrected chi connectivity index (χ2v) is 6.87. The molecule has 1 aliphatic carbocycles. The van der Waals surface area contributed by atoms with Crippen molar-refractivity contribution in [3.8, 4) is 0 Å². The van der Waals surface area contributed by atoms with E-state index in [9.17, 15) is 8.42 Å². The second kappa shape index (κ2) is 8.09. The molecule has 0 aromatic heterocycles. The van der Waals surface area contributed by atoms with Gasteiger partial charge in [0.25, 0.3) is 10.2 Å². The first-order valence-electron chi connectivity index (χ1n) is 7.00. The summed E-state index contributed by atoms with van der Waals surface area (Å²) in [5, 5.41) is 3.38. The molecule has 5 nitrogen and oxygen atoms in total. The molecule has 0 unspecified atom stereocenters. The first-order chi connectivity index (χ1) is 8.56. The van der Waals surface area contributed by atoms with Gasteiger partial charge in [0.2, 0.25) is 0 Å². The summed E-state index contributed by atoms with van der Waals surface area (Å²) in [5.41, 5.74) is 0. The van der Waals surface area contributed by atoms with Gasteiger partial charge in [-0.2, -0.15) is 12.7 Å². The zero-order chi connectivity index (χ0) is 13.4. The Morgan fingerprint density at radius 1 is 1.17 bits per heavy atom. The summed E-state index contributed by atoms with van der Waals surface area (Å²) >= 11 is 0. The molecule has 1 aliphatic rings. The highest BCUT2D eigenvalue weighted by Crippen LogP contribution is 2.18. The van der Waals surface area contributed by atoms with E-state index in [0.717, 1.165) is 32.2 Å². The average molecular weight is 277 g/mol. The highest BCUT2D eigenvalue weighted by Gasteiger charge is 2.20. The quantitative estimate of drug-likeness (QED) is 0.556. The predicted molar refractivity (Wildman–Crippen MR) is 74.7 cm³/mol. The van der Waals surface area contributed by atoms with Crippen LogP contribution in [0.4, 0.5) is 0 Å². The molecule has 2 N–H and O–H groups in total. The van der Waals surface area contributed by atoms with E-state index in [1.165, 1.54) is 17.1 Å². The van der Waals surface area contributed by atoms with Crippen LogP contribution in [-0.4, -0.2) is 45.4 Å². The predicted octanol–water partition coefficient (Wildman–Crippen LogP) is 1.08. The Balaban J connectivity index is 2.10. The van der Waals surface area contributed by atoms with Gasteiger partial charge in [0.1, 0.15) is 0 Å². The Morgan fingerprint density at radius 3 is 2.50 bits per heavy atom. The zero-order valence-corrected chi connectivity index (χ0v) is 12.4. The van der Waals surface area contributed by atoms with Crippen LogP contribution in [0.25, 0.3) is 0 Å². The molecule has 0 aliphatic heterocycles. The fourth-order valence-electron chi connectivity index (χ4n) is 1.70. The highest BCUT2D eigenvalue weighted by molar-refractivity contribution is 7.87. The molecular weight excluding hydrogens is 250 g/mol. The maximum Gasteiger partial charge on any atom is 0.279 e. The maximum atomic E-state index is 11.8. The summed E-state index contributed by atoms with van der Waals surface area (Å²) in [6.45, 7) is 4.12. The minimum Gasteiger partial charge on any atom is -0.314 e. The van der Waals surface area contributed by atoms with Crippen LogP contribution in [0.1, 0.15) is 45.4 Å². The summed E-state index contributed by atoms with van der Waals surface area (Å²) in [4.78, 5) is 0. The number of nitrogens with one attached hydrogen (secondary N) is 2. The largest absolute Gasteiger partial charge is 0.314 e. The minimum atomic E-state index is -3.27. The number of hydrogen-bond donors (Lipinski definition) is 2. The molecule has 1 saturated carbocycles. The smallest absolute Gasteiger partial charge is 0.279 e. The Kier molecular flexibility index (Phi) is 7.14. The van der Waals surface area contributed by atoms with Gasteiger partial charge < -0.3 is 5.32 Å². The van der Waals surface area contributed by atoms with Crippen LogP contribution in [0, 0.1) is 0 Å². The standard InChI is InChI=1S/C12H27N3O2S/c1-3-4-5-10-14-18(16,17)15(2)11-6-9-13-12-7-8-12/h12-14H,3-11H2,1-2H3. The Morgan fingerprint density at radius 2 is 1.89 bits per heavy atom. The van der Waals surface area contributed by atoms with E-state index in [1.807, 2.05) is 0 Å². The summed E-state index contributed by atoms with van der Waals surface area (Å²) in [5.74, 6) is 0. The van der Waals surface area contributed by atoms with Crippen molar-refractivity contribution in [3.05, 3.63) is 0 Å². The Labute approximate surface area is 112 Å². The van der Waals surface area contributed by atoms with Crippen molar-refractivity contribution >= 4 is 10.2 Å². The molecule has 1 rings (SSSR count). The molecule has 0 heterocycles. The van der Waals surface area contributed by atoms with Gasteiger partial charge in [0, 0.05) is 26.2 Å². The topological polar surface area (TPSA) is 61.4 Å². The van der Waals surface area contributed by atoms with Gasteiger partial charge in [-0.25, -0.2) is 4.72 Å². The van der Waals surface area contributed by atoms with Crippen LogP contribution in [0.5, 0.6) is 0 Å². The fourth-order valence-corrected chi connectivity index (χ4v) is 2.69. The number of unbranched alkanes of at least 4 members (excludes halogenated alkanes) is 2. The Bertz CT molecular complexity index is 315. The van der Waals surface area contributed by atoms with Crippen molar-refractivity contribution in [2.75, 3.05) is 26.7 Å². The third-order valence-corrected chi connectivity index (χ3v) is 4.71. The summed E-state index contributed by atoms with van der Waals surface area (Å²) in [6.07, 6.45) is 6.48. The summed E-state index contributed by atoms with van der Waals surface area (Å²) < 4.78 is 27.7. The monoisotopic (exact) mass is 277 g/mol.